The molecule has 0 aliphatic carbocycles. The molecule has 0 saturated heterocycles. The molecule has 0 spiro atoms. The van der Waals surface area contributed by atoms with Crippen LogP contribution in [0.3, 0.4) is 0 Å². The van der Waals surface area contributed by atoms with Crippen LogP contribution in [0.15, 0.2) is 0 Å². The summed E-state index contributed by atoms with van der Waals surface area (Å²) in [5.74, 6) is -0.0524. The number of hydrogen-bond acceptors (Lipinski definition) is 3. The third kappa shape index (κ3) is 28.9. The summed E-state index contributed by atoms with van der Waals surface area (Å²) in [6.45, 7) is 0.289. The van der Waals surface area contributed by atoms with Gasteiger partial charge >= 0.3 is 0 Å². The quantitative estimate of drug-likeness (QED) is 0.0687. The van der Waals surface area contributed by atoms with E-state index in [9.17, 15) is 15.0 Å². The first-order valence-corrected chi connectivity index (χ1v) is 17.9. The third-order valence-corrected chi connectivity index (χ3v) is 8.44. The first kappa shape index (κ1) is 33.9. The zero-order chi connectivity index (χ0) is 31.9. The van der Waals surface area contributed by atoms with Crippen LogP contribution in [0.25, 0.3) is 0 Å². The van der Waals surface area contributed by atoms with Gasteiger partial charge in [-0.3, -0.25) is 4.79 Å². The number of aliphatic hydroxyl groups is 2. The normalized spacial score (nSPS) is 14.4. The van der Waals surface area contributed by atoms with Crippen molar-refractivity contribution in [2.75, 3.05) is 6.61 Å². The highest BCUT2D eigenvalue weighted by molar-refractivity contribution is 5.76. The maximum atomic E-state index is 12.3. The highest BCUT2D eigenvalue weighted by Gasteiger charge is 2.19. The molecule has 2 atom stereocenters. The summed E-state index contributed by atoms with van der Waals surface area (Å²) >= 11 is 0. The molecule has 0 aliphatic rings. The third-order valence-electron chi connectivity index (χ3n) is 8.44. The van der Waals surface area contributed by atoms with E-state index in [1.807, 2.05) is 0 Å². The average Bonchev–Trinajstić information content (AvgIpc) is 2.97. The topological polar surface area (TPSA) is 69.6 Å². The van der Waals surface area contributed by atoms with Crippen molar-refractivity contribution in [1.29, 1.82) is 0 Å². The minimum Gasteiger partial charge on any atom is -0.394 e. The van der Waals surface area contributed by atoms with E-state index in [4.69, 9.17) is 4.11 Å². The highest BCUT2D eigenvalue weighted by Crippen LogP contribution is 2.15. The van der Waals surface area contributed by atoms with Crippen LogP contribution in [0.2, 0.25) is 0 Å². The Kier molecular flexibility index (Phi) is 27.9. The molecule has 4 nitrogen and oxygen atoms in total. The fourth-order valence-electron chi connectivity index (χ4n) is 5.65. The molecule has 0 aliphatic heterocycles. The minimum atomic E-state index is -1.76. The Hall–Kier alpha value is -0.610. The lowest BCUT2D eigenvalue weighted by molar-refractivity contribution is -0.123. The van der Waals surface area contributed by atoms with Crippen molar-refractivity contribution in [2.45, 2.75) is 219 Å². The first-order chi connectivity index (χ1) is 20.8. The van der Waals surface area contributed by atoms with Gasteiger partial charge in [0, 0.05) is 10.5 Å². The van der Waals surface area contributed by atoms with Crippen LogP contribution < -0.4 is 5.32 Å². The molecule has 1 amide bonds. The summed E-state index contributed by atoms with van der Waals surface area (Å²) in [5, 5.41) is 23.0. The number of carbonyl (C=O) groups excluding carboxylic acids is 1. The highest BCUT2D eigenvalue weighted by atomic mass is 16.3. The van der Waals surface area contributed by atoms with Crippen molar-refractivity contribution >= 4 is 5.91 Å². The van der Waals surface area contributed by atoms with Crippen molar-refractivity contribution in [1.82, 2.24) is 5.32 Å². The van der Waals surface area contributed by atoms with Crippen molar-refractivity contribution in [3.05, 3.63) is 0 Å². The second-order valence-electron chi connectivity index (χ2n) is 12.4. The monoisotopic (exact) mass is 571 g/mol. The molecule has 40 heavy (non-hydrogen) atoms. The number of amides is 1. The SMILES string of the molecule is [2H]C([2H])([2H])CCCCCCCCCCCCCC[C@@H](O)[C@H](CO)NC(=O)CCCCCCCCCCCCCCCCC. The summed E-state index contributed by atoms with van der Waals surface area (Å²) < 4.78 is 21.7. The molecule has 4 heteroatoms. The van der Waals surface area contributed by atoms with E-state index in [1.165, 1.54) is 122 Å². The maximum absolute atomic E-state index is 12.3. The van der Waals surface area contributed by atoms with Crippen LogP contribution in [-0.4, -0.2) is 34.9 Å². The number of carbonyl (C=O) groups is 1. The minimum absolute atomic E-state index is 0.0524. The molecular formula is C36H73NO3. The van der Waals surface area contributed by atoms with Gasteiger partial charge in [-0.2, -0.15) is 0 Å². The van der Waals surface area contributed by atoms with Gasteiger partial charge in [-0.25, -0.2) is 0 Å². The summed E-state index contributed by atoms with van der Waals surface area (Å²) in [7, 11) is 0. The van der Waals surface area contributed by atoms with Crippen LogP contribution in [0.1, 0.15) is 211 Å². The number of unbranched alkanes of at least 4 members (excludes halogenated alkanes) is 25. The molecule has 0 aromatic rings. The van der Waals surface area contributed by atoms with Crippen molar-refractivity contribution in [2.24, 2.45) is 0 Å². The standard InChI is InChI=1S/C36H73NO3/c1-3-5-7-9-11-13-15-17-18-20-22-24-26-28-30-32-36(40)37-34(33-38)35(39)31-29-27-25-23-21-19-16-14-12-10-8-6-4-2/h34-35,38-39H,3-33H2,1-2H3,(H,37,40)/t34-,35+/m0/s1/i2D3. The van der Waals surface area contributed by atoms with Crippen molar-refractivity contribution < 1.29 is 19.1 Å². The van der Waals surface area contributed by atoms with Gasteiger partial charge in [0.05, 0.1) is 18.8 Å². The number of rotatable bonds is 33. The zero-order valence-corrected chi connectivity index (χ0v) is 26.9. The van der Waals surface area contributed by atoms with Gasteiger partial charge in [0.15, 0.2) is 0 Å². The molecule has 0 unspecified atom stereocenters. The summed E-state index contributed by atoms with van der Waals surface area (Å²) in [5.41, 5.74) is 0. The Labute approximate surface area is 255 Å². The van der Waals surface area contributed by atoms with E-state index in [2.05, 4.69) is 12.2 Å². The molecule has 0 saturated carbocycles. The fraction of sp³-hybridized carbons (Fsp3) is 0.972. The molecule has 0 rings (SSSR count). The lowest BCUT2D eigenvalue weighted by Gasteiger charge is -2.22. The van der Waals surface area contributed by atoms with E-state index in [0.29, 0.717) is 19.3 Å². The number of aliphatic hydroxyl groups excluding tert-OH is 2. The molecule has 0 aromatic heterocycles. The Morgan fingerprint density at radius 3 is 1.30 bits per heavy atom. The van der Waals surface area contributed by atoms with Crippen LogP contribution in [0.5, 0.6) is 0 Å². The van der Waals surface area contributed by atoms with Gasteiger partial charge < -0.3 is 15.5 Å². The molecule has 0 bridgehead atoms. The zero-order valence-electron chi connectivity index (χ0n) is 29.9. The number of hydrogen-bond donors (Lipinski definition) is 3. The van der Waals surface area contributed by atoms with Gasteiger partial charge in [-0.1, -0.05) is 187 Å². The predicted molar refractivity (Wildman–Crippen MR) is 175 cm³/mol. The van der Waals surface area contributed by atoms with E-state index in [1.54, 1.807) is 0 Å². The lowest BCUT2D eigenvalue weighted by atomic mass is 10.0. The Morgan fingerprint density at radius 1 is 0.575 bits per heavy atom. The van der Waals surface area contributed by atoms with E-state index < -0.39 is 19.0 Å². The number of nitrogens with one attached hydrogen (secondary N) is 1. The van der Waals surface area contributed by atoms with Gasteiger partial charge in [0.1, 0.15) is 0 Å². The molecule has 0 fully saturated rings. The van der Waals surface area contributed by atoms with E-state index in [0.717, 1.165) is 51.4 Å². The van der Waals surface area contributed by atoms with E-state index >= 15 is 0 Å². The average molecular weight is 571 g/mol. The van der Waals surface area contributed by atoms with Crippen molar-refractivity contribution in [3.8, 4) is 0 Å². The van der Waals surface area contributed by atoms with Gasteiger partial charge in [0.25, 0.3) is 0 Å². The van der Waals surface area contributed by atoms with Crippen LogP contribution in [0.4, 0.5) is 0 Å². The Balaban J connectivity index is 3.53. The second-order valence-corrected chi connectivity index (χ2v) is 12.4. The van der Waals surface area contributed by atoms with E-state index in [-0.39, 0.29) is 12.5 Å². The van der Waals surface area contributed by atoms with Gasteiger partial charge in [-0.15, -0.1) is 0 Å². The predicted octanol–water partition coefficient (Wildman–Crippen LogP) is 10.6. The Morgan fingerprint density at radius 2 is 0.925 bits per heavy atom. The molecular weight excluding hydrogens is 494 g/mol. The molecule has 3 N–H and O–H groups in total. The fourth-order valence-corrected chi connectivity index (χ4v) is 5.65. The first-order valence-electron chi connectivity index (χ1n) is 19.4. The lowest BCUT2D eigenvalue weighted by Crippen LogP contribution is -2.45. The molecule has 0 radical (unpaired) electrons. The van der Waals surface area contributed by atoms with Crippen LogP contribution >= 0.6 is 0 Å². The van der Waals surface area contributed by atoms with Gasteiger partial charge in [0.2, 0.25) is 5.91 Å². The molecule has 240 valence electrons. The van der Waals surface area contributed by atoms with Crippen molar-refractivity contribution in [3.63, 3.8) is 0 Å². The van der Waals surface area contributed by atoms with Crippen LogP contribution in [0, 0.1) is 0 Å². The second kappa shape index (κ2) is 32.9. The summed E-state index contributed by atoms with van der Waals surface area (Å²) in [6, 6.07) is -0.558. The van der Waals surface area contributed by atoms with Gasteiger partial charge in [-0.05, 0) is 12.8 Å². The molecule has 0 heterocycles. The maximum Gasteiger partial charge on any atom is 0.220 e. The summed E-state index contributed by atoms with van der Waals surface area (Å²) in [4.78, 5) is 12.3. The summed E-state index contributed by atoms with van der Waals surface area (Å²) in [6.07, 6.45) is 33.9. The molecule has 0 aromatic carbocycles. The Bertz CT molecular complexity index is 589. The largest absolute Gasteiger partial charge is 0.394 e. The van der Waals surface area contributed by atoms with Crippen LogP contribution in [-0.2, 0) is 4.79 Å². The smallest absolute Gasteiger partial charge is 0.220 e.